The molecule has 86 heavy (non-hydrogen) atoms. The van der Waals surface area contributed by atoms with Crippen LogP contribution in [-0.2, 0) is 13.2 Å². The molecular formula is C82H54O4. The second-order valence-corrected chi connectivity index (χ2v) is 22.4. The minimum absolute atomic E-state index is 0.147. The van der Waals surface area contributed by atoms with Gasteiger partial charge in [-0.3, -0.25) is 0 Å². The molecule has 0 unspecified atom stereocenters. The van der Waals surface area contributed by atoms with Crippen LogP contribution < -0.4 is 9.47 Å². The number of aliphatic hydroxyl groups excluding tert-OH is 2. The normalized spacial score (nSPS) is 11.7. The molecule has 2 N–H and O–H groups in total. The van der Waals surface area contributed by atoms with Crippen LogP contribution in [0.5, 0.6) is 23.0 Å². The number of rotatable bonds is 11. The van der Waals surface area contributed by atoms with Gasteiger partial charge in [-0.25, -0.2) is 0 Å². The lowest BCUT2D eigenvalue weighted by atomic mass is 9.89. The molecule has 0 fully saturated rings. The Bertz CT molecular complexity index is 5060. The second-order valence-electron chi connectivity index (χ2n) is 22.4. The monoisotopic (exact) mass is 1100 g/mol. The molecule has 0 radical (unpaired) electrons. The highest BCUT2D eigenvalue weighted by molar-refractivity contribution is 6.13. The van der Waals surface area contributed by atoms with Gasteiger partial charge in [-0.2, -0.15) is 0 Å². The van der Waals surface area contributed by atoms with Crippen LogP contribution in [0.3, 0.4) is 0 Å². The Morgan fingerprint density at radius 2 is 0.547 bits per heavy atom. The van der Waals surface area contributed by atoms with Crippen molar-refractivity contribution in [1.29, 1.82) is 0 Å². The number of aliphatic hydroxyl groups is 2. The van der Waals surface area contributed by atoms with E-state index in [-0.39, 0.29) is 13.2 Å². The maximum absolute atomic E-state index is 11.1. The summed E-state index contributed by atoms with van der Waals surface area (Å²) in [5, 5.41) is 38.9. The highest BCUT2D eigenvalue weighted by atomic mass is 16.5. The van der Waals surface area contributed by atoms with Crippen LogP contribution in [0.4, 0.5) is 0 Å². The maximum atomic E-state index is 11.1. The molecule has 0 aliphatic carbocycles. The molecule has 0 aliphatic rings. The summed E-state index contributed by atoms with van der Waals surface area (Å²) >= 11 is 0. The predicted octanol–water partition coefficient (Wildman–Crippen LogP) is 21.8. The van der Waals surface area contributed by atoms with Gasteiger partial charge in [0.05, 0.1) is 13.2 Å². The molecule has 0 heterocycles. The third-order valence-electron chi connectivity index (χ3n) is 17.5. The Balaban J connectivity index is 0.998. The van der Waals surface area contributed by atoms with Crippen molar-refractivity contribution < 1.29 is 19.7 Å². The van der Waals surface area contributed by atoms with Crippen LogP contribution in [0, 0.1) is 0 Å². The number of benzene rings is 16. The summed E-state index contributed by atoms with van der Waals surface area (Å²) in [5.74, 6) is 2.61. The van der Waals surface area contributed by atoms with E-state index in [1.54, 1.807) is 0 Å². The van der Waals surface area contributed by atoms with Crippen LogP contribution in [0.25, 0.3) is 142 Å². The number of ether oxygens (including phenoxy) is 2. The van der Waals surface area contributed by atoms with Gasteiger partial charge in [-0.05, 0) is 168 Å². The molecule has 0 amide bonds. The van der Waals surface area contributed by atoms with E-state index in [1.165, 1.54) is 21.5 Å². The second kappa shape index (κ2) is 21.1. The fraction of sp³-hybridized carbons (Fsp3) is 0.0244. The summed E-state index contributed by atoms with van der Waals surface area (Å²) < 4.78 is 15.7. The Kier molecular flexibility index (Phi) is 12.5. The Morgan fingerprint density at radius 1 is 0.221 bits per heavy atom. The van der Waals surface area contributed by atoms with Crippen molar-refractivity contribution in [3.8, 4) is 78.6 Å². The summed E-state index contributed by atoms with van der Waals surface area (Å²) in [6.07, 6.45) is 0. The third-order valence-corrected chi connectivity index (χ3v) is 17.5. The molecule has 0 spiro atoms. The van der Waals surface area contributed by atoms with Gasteiger partial charge in [0.15, 0.2) is 0 Å². The van der Waals surface area contributed by atoms with Gasteiger partial charge in [0.25, 0.3) is 0 Å². The predicted molar refractivity (Wildman–Crippen MR) is 359 cm³/mol. The first-order valence-corrected chi connectivity index (χ1v) is 29.3. The van der Waals surface area contributed by atoms with E-state index in [0.717, 1.165) is 131 Å². The first-order valence-electron chi connectivity index (χ1n) is 29.3. The van der Waals surface area contributed by atoms with Gasteiger partial charge in [-0.1, -0.05) is 243 Å². The SMILES string of the molecule is OCc1cc(-c2cccc3ccccc23)c(Oc2ccc3cc(-c4ccc5ccccc5c4)ccc3c2-c2c(Oc3c(-c4cccc5ccccc45)cc(CO)c4ccccc34)ccc3cc(-c4ccc5ccccc5c4)ccc23)c2ccccc12. The Labute approximate surface area is 497 Å². The average Bonchev–Trinajstić information content (AvgIpc) is 1.63. The Hall–Kier alpha value is -10.9. The summed E-state index contributed by atoms with van der Waals surface area (Å²) in [5.41, 5.74) is 11.5. The van der Waals surface area contributed by atoms with Crippen molar-refractivity contribution in [3.63, 3.8) is 0 Å². The molecule has 0 saturated heterocycles. The van der Waals surface area contributed by atoms with Crippen LogP contribution in [0.1, 0.15) is 11.1 Å². The van der Waals surface area contributed by atoms with Gasteiger partial charge < -0.3 is 19.7 Å². The van der Waals surface area contributed by atoms with Crippen LogP contribution in [-0.4, -0.2) is 10.2 Å². The minimum Gasteiger partial charge on any atom is -0.455 e. The van der Waals surface area contributed by atoms with E-state index < -0.39 is 0 Å². The molecule has 4 heteroatoms. The summed E-state index contributed by atoms with van der Waals surface area (Å²) in [7, 11) is 0. The van der Waals surface area contributed by atoms with Crippen molar-refractivity contribution in [2.45, 2.75) is 13.2 Å². The zero-order chi connectivity index (χ0) is 57.2. The van der Waals surface area contributed by atoms with Crippen molar-refractivity contribution in [1.82, 2.24) is 0 Å². The molecule has 0 saturated carbocycles. The van der Waals surface area contributed by atoms with E-state index in [0.29, 0.717) is 23.0 Å². The maximum Gasteiger partial charge on any atom is 0.143 e. The van der Waals surface area contributed by atoms with Crippen LogP contribution >= 0.6 is 0 Å². The standard InChI is InChI=1S/C82H54O4/c83-49-63-47-75(71-29-13-21-53-17-5-7-23-65(53)71)81(73-27-11-9-25-67(63)73)85-77-41-37-61-45-59(57-33-31-51-15-1-3-19-55(51)43-57)35-39-69(61)79(77)80-70-40-36-60(58-34-32-52-16-2-4-20-56(52)44-58)46-62(70)38-42-78(80)86-82-74-28-12-10-26-68(74)64(50-84)48-76(82)72-30-14-22-54-18-6-8-24-66(54)72/h1-48,83-84H,49-50H2. The molecular weight excluding hydrogens is 1050 g/mol. The first-order chi connectivity index (χ1) is 42.5. The molecule has 4 nitrogen and oxygen atoms in total. The van der Waals surface area contributed by atoms with Crippen molar-refractivity contribution >= 4 is 86.2 Å². The van der Waals surface area contributed by atoms with E-state index in [4.69, 9.17) is 9.47 Å². The van der Waals surface area contributed by atoms with Crippen LogP contribution in [0.2, 0.25) is 0 Å². The summed E-state index contributed by atoms with van der Waals surface area (Å²) in [6, 6.07) is 103. The highest BCUT2D eigenvalue weighted by Gasteiger charge is 2.26. The van der Waals surface area contributed by atoms with Crippen LogP contribution in [0.15, 0.2) is 291 Å². The van der Waals surface area contributed by atoms with Crippen molar-refractivity contribution in [2.75, 3.05) is 0 Å². The molecule has 16 aromatic rings. The Morgan fingerprint density at radius 3 is 0.965 bits per heavy atom. The lowest BCUT2D eigenvalue weighted by Gasteiger charge is -2.24. The van der Waals surface area contributed by atoms with Gasteiger partial charge >= 0.3 is 0 Å². The number of hydrogen-bond acceptors (Lipinski definition) is 4. The van der Waals surface area contributed by atoms with Crippen molar-refractivity contribution in [3.05, 3.63) is 302 Å². The van der Waals surface area contributed by atoms with Gasteiger partial charge in [-0.15, -0.1) is 0 Å². The molecule has 0 bridgehead atoms. The average molecular weight is 1100 g/mol. The number of fused-ring (bicyclic) bond motifs is 8. The van der Waals surface area contributed by atoms with E-state index in [2.05, 4.69) is 267 Å². The topological polar surface area (TPSA) is 58.9 Å². The largest absolute Gasteiger partial charge is 0.455 e. The van der Waals surface area contributed by atoms with Gasteiger partial charge in [0, 0.05) is 33.0 Å². The minimum atomic E-state index is -0.147. The molecule has 0 atom stereocenters. The zero-order valence-corrected chi connectivity index (χ0v) is 46.8. The lowest BCUT2D eigenvalue weighted by molar-refractivity contribution is 0.283. The summed E-state index contributed by atoms with van der Waals surface area (Å²) in [6.45, 7) is -0.294. The molecule has 16 aromatic carbocycles. The smallest absolute Gasteiger partial charge is 0.143 e. The van der Waals surface area contributed by atoms with Gasteiger partial charge in [0.1, 0.15) is 23.0 Å². The first kappa shape index (κ1) is 50.8. The number of hydrogen-bond donors (Lipinski definition) is 2. The quantitative estimate of drug-likeness (QED) is 0.136. The van der Waals surface area contributed by atoms with Gasteiger partial charge in [0.2, 0.25) is 0 Å². The zero-order valence-electron chi connectivity index (χ0n) is 46.8. The highest BCUT2D eigenvalue weighted by Crippen LogP contribution is 2.53. The summed E-state index contributed by atoms with van der Waals surface area (Å²) in [4.78, 5) is 0. The lowest BCUT2D eigenvalue weighted by Crippen LogP contribution is -2.00. The van der Waals surface area contributed by atoms with Crippen molar-refractivity contribution in [2.24, 2.45) is 0 Å². The fourth-order valence-corrected chi connectivity index (χ4v) is 13.3. The molecule has 0 aliphatic heterocycles. The fourth-order valence-electron chi connectivity index (χ4n) is 13.3. The molecule has 16 rings (SSSR count). The molecule has 0 aromatic heterocycles. The van der Waals surface area contributed by atoms with E-state index in [1.807, 2.05) is 24.3 Å². The molecule has 406 valence electrons. The van der Waals surface area contributed by atoms with E-state index in [9.17, 15) is 10.2 Å². The third kappa shape index (κ3) is 8.70. The van der Waals surface area contributed by atoms with E-state index >= 15 is 0 Å².